The fraction of sp³-hybridized carbons (Fsp3) is 0.533. The molecule has 0 aliphatic carbocycles. The van der Waals surface area contributed by atoms with Gasteiger partial charge in [-0.2, -0.15) is 5.10 Å². The molecule has 0 radical (unpaired) electrons. The van der Waals surface area contributed by atoms with Gasteiger partial charge in [0.2, 0.25) is 0 Å². The molecule has 0 saturated carbocycles. The minimum absolute atomic E-state index is 0.893. The van der Waals surface area contributed by atoms with Crippen LogP contribution in [0.4, 0.5) is 0 Å². The van der Waals surface area contributed by atoms with Gasteiger partial charge in [0, 0.05) is 27.6 Å². The van der Waals surface area contributed by atoms with Crippen molar-refractivity contribution in [2.75, 3.05) is 6.54 Å². The molecule has 0 bridgehead atoms. The normalized spacial score (nSPS) is 11.1. The maximum absolute atomic E-state index is 4.51. The topological polar surface area (TPSA) is 29.9 Å². The molecule has 0 atom stereocenters. The molecule has 0 aliphatic heterocycles. The number of hydrogen-bond acceptors (Lipinski definition) is 3. The Hall–Kier alpha value is -1.13. The Morgan fingerprint density at radius 2 is 2.05 bits per heavy atom. The predicted molar refractivity (Wildman–Crippen MR) is 81.8 cm³/mol. The Bertz CT molecular complexity index is 513. The SMILES string of the molecule is CCCNCc1cnn(Cc2ccc(CC)s2)c1C. The van der Waals surface area contributed by atoms with Gasteiger partial charge in [0.1, 0.15) is 0 Å². The van der Waals surface area contributed by atoms with E-state index in [1.807, 2.05) is 17.5 Å². The molecule has 19 heavy (non-hydrogen) atoms. The van der Waals surface area contributed by atoms with Crippen LogP contribution < -0.4 is 5.32 Å². The molecule has 0 aromatic carbocycles. The minimum atomic E-state index is 0.893. The molecule has 0 spiro atoms. The lowest BCUT2D eigenvalue weighted by Crippen LogP contribution is -2.14. The monoisotopic (exact) mass is 277 g/mol. The lowest BCUT2D eigenvalue weighted by Gasteiger charge is -2.05. The van der Waals surface area contributed by atoms with Crippen LogP contribution in [0.25, 0.3) is 0 Å². The van der Waals surface area contributed by atoms with Crippen molar-refractivity contribution >= 4 is 11.3 Å². The summed E-state index contributed by atoms with van der Waals surface area (Å²) in [5.41, 5.74) is 2.58. The Labute approximate surface area is 119 Å². The van der Waals surface area contributed by atoms with Gasteiger partial charge >= 0.3 is 0 Å². The Kier molecular flexibility index (Phi) is 5.16. The highest BCUT2D eigenvalue weighted by molar-refractivity contribution is 7.11. The van der Waals surface area contributed by atoms with Crippen molar-refractivity contribution in [2.45, 2.75) is 46.7 Å². The fourth-order valence-corrected chi connectivity index (χ4v) is 3.00. The highest BCUT2D eigenvalue weighted by Gasteiger charge is 2.07. The molecule has 4 heteroatoms. The van der Waals surface area contributed by atoms with E-state index in [0.29, 0.717) is 0 Å². The molecule has 0 saturated heterocycles. The van der Waals surface area contributed by atoms with E-state index in [9.17, 15) is 0 Å². The first-order chi connectivity index (χ1) is 9.24. The molecule has 2 heterocycles. The zero-order chi connectivity index (χ0) is 13.7. The van der Waals surface area contributed by atoms with E-state index in [-0.39, 0.29) is 0 Å². The third-order valence-corrected chi connectivity index (χ3v) is 4.53. The van der Waals surface area contributed by atoms with Crippen molar-refractivity contribution in [1.29, 1.82) is 0 Å². The van der Waals surface area contributed by atoms with E-state index in [1.54, 1.807) is 0 Å². The Morgan fingerprint density at radius 1 is 1.26 bits per heavy atom. The molecule has 0 amide bonds. The fourth-order valence-electron chi connectivity index (χ4n) is 2.06. The highest BCUT2D eigenvalue weighted by atomic mass is 32.1. The average molecular weight is 277 g/mol. The van der Waals surface area contributed by atoms with Gasteiger partial charge < -0.3 is 5.32 Å². The van der Waals surface area contributed by atoms with Crippen LogP contribution in [-0.2, 0) is 19.5 Å². The number of hydrogen-bond donors (Lipinski definition) is 1. The molecule has 2 aromatic rings. The summed E-state index contributed by atoms with van der Waals surface area (Å²) in [6.07, 6.45) is 4.28. The van der Waals surface area contributed by atoms with Crippen LogP contribution in [-0.4, -0.2) is 16.3 Å². The predicted octanol–water partition coefficient (Wildman–Crippen LogP) is 3.36. The van der Waals surface area contributed by atoms with Crippen molar-refractivity contribution in [1.82, 2.24) is 15.1 Å². The number of nitrogens with zero attached hydrogens (tertiary/aromatic N) is 2. The van der Waals surface area contributed by atoms with Gasteiger partial charge in [-0.3, -0.25) is 4.68 Å². The van der Waals surface area contributed by atoms with E-state index in [4.69, 9.17) is 0 Å². The second kappa shape index (κ2) is 6.87. The van der Waals surface area contributed by atoms with E-state index in [1.165, 1.54) is 27.4 Å². The summed E-state index contributed by atoms with van der Waals surface area (Å²) in [4.78, 5) is 2.83. The van der Waals surface area contributed by atoms with Gasteiger partial charge in [0.15, 0.2) is 0 Å². The van der Waals surface area contributed by atoms with Crippen molar-refractivity contribution in [3.05, 3.63) is 39.3 Å². The summed E-state index contributed by atoms with van der Waals surface area (Å²) in [6.45, 7) is 9.42. The van der Waals surface area contributed by atoms with Gasteiger partial charge in [-0.05, 0) is 38.4 Å². The van der Waals surface area contributed by atoms with Gasteiger partial charge in [-0.1, -0.05) is 13.8 Å². The molecule has 0 unspecified atom stereocenters. The van der Waals surface area contributed by atoms with E-state index < -0.39 is 0 Å². The molecular formula is C15H23N3S. The minimum Gasteiger partial charge on any atom is -0.313 e. The van der Waals surface area contributed by atoms with Gasteiger partial charge in [-0.25, -0.2) is 0 Å². The number of nitrogens with one attached hydrogen (secondary N) is 1. The zero-order valence-corrected chi connectivity index (χ0v) is 12.9. The van der Waals surface area contributed by atoms with Crippen LogP contribution in [0.5, 0.6) is 0 Å². The number of thiophene rings is 1. The first-order valence-electron chi connectivity index (χ1n) is 7.04. The van der Waals surface area contributed by atoms with Crippen molar-refractivity contribution in [2.24, 2.45) is 0 Å². The van der Waals surface area contributed by atoms with Crippen molar-refractivity contribution in [3.63, 3.8) is 0 Å². The average Bonchev–Trinajstić information content (AvgIpc) is 3.00. The first kappa shape index (κ1) is 14.3. The summed E-state index contributed by atoms with van der Waals surface area (Å²) in [7, 11) is 0. The maximum atomic E-state index is 4.51. The smallest absolute Gasteiger partial charge is 0.0755 e. The van der Waals surface area contributed by atoms with Crippen molar-refractivity contribution < 1.29 is 0 Å². The van der Waals surface area contributed by atoms with Crippen LogP contribution in [0.2, 0.25) is 0 Å². The van der Waals surface area contributed by atoms with Crippen LogP contribution in [0.3, 0.4) is 0 Å². The molecule has 0 fully saturated rings. The number of aromatic nitrogens is 2. The second-order valence-corrected chi connectivity index (χ2v) is 6.06. The van der Waals surface area contributed by atoms with E-state index >= 15 is 0 Å². The number of aryl methyl sites for hydroxylation is 1. The van der Waals surface area contributed by atoms with Crippen LogP contribution >= 0.6 is 11.3 Å². The Balaban J connectivity index is 2.00. The van der Waals surface area contributed by atoms with E-state index in [2.05, 4.69) is 48.0 Å². The standard InChI is InChI=1S/C15H23N3S/c1-4-8-16-9-13-10-17-18(12(13)3)11-15-7-6-14(5-2)19-15/h6-7,10,16H,4-5,8-9,11H2,1-3H3. The molecule has 2 rings (SSSR count). The highest BCUT2D eigenvalue weighted by Crippen LogP contribution is 2.19. The third-order valence-electron chi connectivity index (χ3n) is 3.32. The largest absolute Gasteiger partial charge is 0.313 e. The summed E-state index contributed by atoms with van der Waals surface area (Å²) in [5, 5.41) is 7.94. The second-order valence-electron chi connectivity index (χ2n) is 4.81. The molecule has 3 nitrogen and oxygen atoms in total. The van der Waals surface area contributed by atoms with E-state index in [0.717, 1.165) is 26.1 Å². The molecule has 104 valence electrons. The molecule has 2 aromatic heterocycles. The molecule has 0 aliphatic rings. The van der Waals surface area contributed by atoms with Gasteiger partial charge in [0.25, 0.3) is 0 Å². The maximum Gasteiger partial charge on any atom is 0.0755 e. The van der Waals surface area contributed by atoms with Gasteiger partial charge in [0.05, 0.1) is 12.7 Å². The van der Waals surface area contributed by atoms with Crippen LogP contribution in [0.1, 0.15) is 41.3 Å². The summed E-state index contributed by atoms with van der Waals surface area (Å²) in [6, 6.07) is 4.45. The van der Waals surface area contributed by atoms with Crippen LogP contribution in [0, 0.1) is 6.92 Å². The first-order valence-corrected chi connectivity index (χ1v) is 7.85. The lowest BCUT2D eigenvalue weighted by atomic mass is 10.2. The lowest BCUT2D eigenvalue weighted by molar-refractivity contribution is 0.655. The van der Waals surface area contributed by atoms with Crippen LogP contribution in [0.15, 0.2) is 18.3 Å². The third kappa shape index (κ3) is 3.67. The van der Waals surface area contributed by atoms with Gasteiger partial charge in [-0.15, -0.1) is 11.3 Å². The summed E-state index contributed by atoms with van der Waals surface area (Å²) < 4.78 is 2.11. The quantitative estimate of drug-likeness (QED) is 0.786. The molecular weight excluding hydrogens is 254 g/mol. The summed E-state index contributed by atoms with van der Waals surface area (Å²) in [5.74, 6) is 0. The Morgan fingerprint density at radius 3 is 2.74 bits per heavy atom. The zero-order valence-electron chi connectivity index (χ0n) is 12.1. The summed E-state index contributed by atoms with van der Waals surface area (Å²) >= 11 is 1.89. The molecule has 1 N–H and O–H groups in total. The number of rotatable bonds is 7. The van der Waals surface area contributed by atoms with Crippen molar-refractivity contribution in [3.8, 4) is 0 Å².